The molecule has 6 nitrogen and oxygen atoms in total. The SMILES string of the molecule is COC(=O)c1ccc(N)cc1OS(C)(=O)=O.Cl. The van der Waals surface area contributed by atoms with Crippen LogP contribution in [0.5, 0.6) is 5.75 Å². The first-order chi connectivity index (χ1) is 7.33. The molecule has 8 heteroatoms. The molecule has 0 unspecified atom stereocenters. The molecule has 96 valence electrons. The van der Waals surface area contributed by atoms with E-state index in [0.717, 1.165) is 6.26 Å². The van der Waals surface area contributed by atoms with Gasteiger partial charge in [-0.15, -0.1) is 12.4 Å². The summed E-state index contributed by atoms with van der Waals surface area (Å²) >= 11 is 0. The molecule has 0 aliphatic carbocycles. The molecule has 0 aliphatic heterocycles. The maximum absolute atomic E-state index is 11.3. The Bertz CT molecular complexity index is 514. The van der Waals surface area contributed by atoms with E-state index in [1.807, 2.05) is 0 Å². The van der Waals surface area contributed by atoms with Crippen molar-refractivity contribution in [2.45, 2.75) is 0 Å². The van der Waals surface area contributed by atoms with Crippen LogP contribution in [0.3, 0.4) is 0 Å². The molecule has 1 rings (SSSR count). The second-order valence-corrected chi connectivity index (χ2v) is 4.61. The summed E-state index contributed by atoms with van der Waals surface area (Å²) in [6, 6.07) is 4.02. The summed E-state index contributed by atoms with van der Waals surface area (Å²) < 4.78 is 31.0. The zero-order valence-corrected chi connectivity index (χ0v) is 10.8. The van der Waals surface area contributed by atoms with E-state index < -0.39 is 16.1 Å². The van der Waals surface area contributed by atoms with Crippen molar-refractivity contribution in [3.8, 4) is 5.75 Å². The van der Waals surface area contributed by atoms with Gasteiger partial charge in [-0.3, -0.25) is 0 Å². The number of esters is 1. The molecular weight excluding hydrogens is 270 g/mol. The summed E-state index contributed by atoms with van der Waals surface area (Å²) in [5, 5.41) is 0. The molecule has 1 aromatic rings. The number of rotatable bonds is 3. The third kappa shape index (κ3) is 4.49. The number of anilines is 1. The first-order valence-corrected chi connectivity index (χ1v) is 6.02. The minimum atomic E-state index is -3.72. The number of hydrogen-bond donors (Lipinski definition) is 1. The highest BCUT2D eigenvalue weighted by Crippen LogP contribution is 2.23. The summed E-state index contributed by atoms with van der Waals surface area (Å²) in [4.78, 5) is 11.3. The predicted octanol–water partition coefficient (Wildman–Crippen LogP) is 0.816. The van der Waals surface area contributed by atoms with Crippen LogP contribution in [0, 0.1) is 0 Å². The average Bonchev–Trinajstić information content (AvgIpc) is 2.14. The van der Waals surface area contributed by atoms with E-state index in [1.54, 1.807) is 0 Å². The van der Waals surface area contributed by atoms with Crippen molar-refractivity contribution in [2.75, 3.05) is 19.1 Å². The van der Waals surface area contributed by atoms with Crippen molar-refractivity contribution in [3.05, 3.63) is 23.8 Å². The Balaban J connectivity index is 0.00000256. The van der Waals surface area contributed by atoms with Gasteiger partial charge >= 0.3 is 16.1 Å². The second kappa shape index (κ2) is 5.74. The molecule has 17 heavy (non-hydrogen) atoms. The zero-order valence-electron chi connectivity index (χ0n) is 9.17. The van der Waals surface area contributed by atoms with Crippen molar-refractivity contribution in [1.82, 2.24) is 0 Å². The van der Waals surface area contributed by atoms with Crippen LogP contribution in [0.4, 0.5) is 5.69 Å². The summed E-state index contributed by atoms with van der Waals surface area (Å²) in [5.74, 6) is -0.840. The third-order valence-electron chi connectivity index (χ3n) is 1.65. The summed E-state index contributed by atoms with van der Waals surface area (Å²) in [6.45, 7) is 0. The largest absolute Gasteiger partial charge is 0.465 e. The zero-order chi connectivity index (χ0) is 12.3. The van der Waals surface area contributed by atoms with Crippen LogP contribution in [-0.2, 0) is 14.9 Å². The summed E-state index contributed by atoms with van der Waals surface area (Å²) in [7, 11) is -2.54. The van der Waals surface area contributed by atoms with Gasteiger partial charge in [0.05, 0.1) is 13.4 Å². The van der Waals surface area contributed by atoms with E-state index in [0.29, 0.717) is 0 Å². The van der Waals surface area contributed by atoms with Crippen LogP contribution in [0.2, 0.25) is 0 Å². The van der Waals surface area contributed by atoms with Crippen molar-refractivity contribution < 1.29 is 22.1 Å². The molecule has 2 N–H and O–H groups in total. The number of benzene rings is 1. The highest BCUT2D eigenvalue weighted by molar-refractivity contribution is 7.86. The highest BCUT2D eigenvalue weighted by atomic mass is 35.5. The molecule has 0 radical (unpaired) electrons. The number of hydrogen-bond acceptors (Lipinski definition) is 6. The van der Waals surface area contributed by atoms with Gasteiger partial charge in [0.25, 0.3) is 0 Å². The van der Waals surface area contributed by atoms with Crippen LogP contribution in [-0.4, -0.2) is 27.8 Å². The van der Waals surface area contributed by atoms with Crippen molar-refractivity contribution >= 4 is 34.2 Å². The quantitative estimate of drug-likeness (QED) is 0.500. The fraction of sp³-hybridized carbons (Fsp3) is 0.222. The van der Waals surface area contributed by atoms with Gasteiger partial charge in [0.15, 0.2) is 5.75 Å². The summed E-state index contributed by atoms with van der Waals surface area (Å²) in [5.41, 5.74) is 5.75. The van der Waals surface area contributed by atoms with Crippen molar-refractivity contribution in [3.63, 3.8) is 0 Å². The van der Waals surface area contributed by atoms with Crippen molar-refractivity contribution in [1.29, 1.82) is 0 Å². The lowest BCUT2D eigenvalue weighted by atomic mass is 10.2. The number of nitrogens with two attached hydrogens (primary N) is 1. The smallest absolute Gasteiger partial charge is 0.341 e. The minimum Gasteiger partial charge on any atom is -0.465 e. The molecule has 0 spiro atoms. The number of carbonyl (C=O) groups excluding carboxylic acids is 1. The highest BCUT2D eigenvalue weighted by Gasteiger charge is 2.16. The molecule has 0 fully saturated rings. The van der Waals surface area contributed by atoms with Gasteiger partial charge in [-0.2, -0.15) is 8.42 Å². The van der Waals surface area contributed by atoms with Gasteiger partial charge in [0, 0.05) is 11.8 Å². The Labute approximate surface area is 105 Å². The number of methoxy groups -OCH3 is 1. The van der Waals surface area contributed by atoms with E-state index in [1.165, 1.54) is 25.3 Å². The second-order valence-electron chi connectivity index (χ2n) is 3.03. The van der Waals surface area contributed by atoms with E-state index >= 15 is 0 Å². The standard InChI is InChI=1S/C9H11NO5S.ClH/c1-14-9(11)7-4-3-6(10)5-8(7)15-16(2,12)13;/h3-5H,10H2,1-2H3;1H. The van der Waals surface area contributed by atoms with E-state index in [9.17, 15) is 13.2 Å². The van der Waals surface area contributed by atoms with Crippen LogP contribution in [0.15, 0.2) is 18.2 Å². The Morgan fingerprint density at radius 3 is 2.41 bits per heavy atom. The van der Waals surface area contributed by atoms with Crippen LogP contribution in [0.25, 0.3) is 0 Å². The molecule has 0 atom stereocenters. The van der Waals surface area contributed by atoms with Crippen LogP contribution < -0.4 is 9.92 Å². The Kier molecular flexibility index (Phi) is 5.24. The maximum atomic E-state index is 11.3. The molecular formula is C9H12ClNO5S. The molecule has 0 saturated heterocycles. The van der Waals surface area contributed by atoms with Crippen LogP contribution in [0.1, 0.15) is 10.4 Å². The van der Waals surface area contributed by atoms with Gasteiger partial charge < -0.3 is 14.7 Å². The Morgan fingerprint density at radius 2 is 1.94 bits per heavy atom. The lowest BCUT2D eigenvalue weighted by Crippen LogP contribution is -2.11. The number of carbonyl (C=O) groups is 1. The summed E-state index contributed by atoms with van der Waals surface area (Å²) in [6.07, 6.45) is 0.872. The predicted molar refractivity (Wildman–Crippen MR) is 64.9 cm³/mol. The van der Waals surface area contributed by atoms with Gasteiger partial charge in [0.1, 0.15) is 5.56 Å². The fourth-order valence-corrected chi connectivity index (χ4v) is 1.51. The maximum Gasteiger partial charge on any atom is 0.341 e. The lowest BCUT2D eigenvalue weighted by Gasteiger charge is -2.08. The molecule has 0 aromatic heterocycles. The van der Waals surface area contributed by atoms with Gasteiger partial charge in [-0.25, -0.2) is 4.79 Å². The number of nitrogen functional groups attached to an aromatic ring is 1. The average molecular weight is 282 g/mol. The topological polar surface area (TPSA) is 95.7 Å². The molecule has 0 bridgehead atoms. The van der Waals surface area contributed by atoms with E-state index in [-0.39, 0.29) is 29.4 Å². The number of halogens is 1. The normalized spacial score (nSPS) is 10.2. The van der Waals surface area contributed by atoms with Gasteiger partial charge in [0.2, 0.25) is 0 Å². The minimum absolute atomic E-state index is 0. The lowest BCUT2D eigenvalue weighted by molar-refractivity contribution is 0.0599. The third-order valence-corrected chi connectivity index (χ3v) is 2.13. The monoisotopic (exact) mass is 281 g/mol. The van der Waals surface area contributed by atoms with Crippen molar-refractivity contribution in [2.24, 2.45) is 0 Å². The van der Waals surface area contributed by atoms with E-state index in [4.69, 9.17) is 5.73 Å². The molecule has 0 heterocycles. The van der Waals surface area contributed by atoms with Crippen LogP contribution >= 0.6 is 12.4 Å². The Morgan fingerprint density at radius 1 is 1.35 bits per heavy atom. The number of ether oxygens (including phenoxy) is 1. The molecule has 0 amide bonds. The molecule has 0 saturated carbocycles. The Hall–Kier alpha value is -1.47. The molecule has 0 aliphatic rings. The molecule has 1 aromatic carbocycles. The fourth-order valence-electron chi connectivity index (χ4n) is 1.05. The van der Waals surface area contributed by atoms with Gasteiger partial charge in [-0.1, -0.05) is 0 Å². The van der Waals surface area contributed by atoms with E-state index in [2.05, 4.69) is 8.92 Å². The first kappa shape index (κ1) is 15.5. The van der Waals surface area contributed by atoms with Gasteiger partial charge in [-0.05, 0) is 12.1 Å². The first-order valence-electron chi connectivity index (χ1n) is 4.21.